The fourth-order valence-corrected chi connectivity index (χ4v) is 2.34. The van der Waals surface area contributed by atoms with Crippen LogP contribution in [0.4, 0.5) is 0 Å². The molecule has 108 valence electrons. The molecular weight excluding hydrogens is 250 g/mol. The van der Waals surface area contributed by atoms with Crippen molar-refractivity contribution in [3.05, 3.63) is 42.2 Å². The minimum absolute atomic E-state index is 0.0852. The summed E-state index contributed by atoms with van der Waals surface area (Å²) in [4.78, 5) is 0. The molecule has 1 atom stereocenters. The Morgan fingerprint density at radius 2 is 2.00 bits per heavy atom. The summed E-state index contributed by atoms with van der Waals surface area (Å²) in [5.41, 5.74) is 4.91. The van der Waals surface area contributed by atoms with Crippen LogP contribution >= 0.6 is 0 Å². The second-order valence-electron chi connectivity index (χ2n) is 4.97. The molecular formula is C15H23N5. The lowest BCUT2D eigenvalue weighted by atomic mass is 10.1. The van der Waals surface area contributed by atoms with Crippen molar-refractivity contribution in [3.63, 3.8) is 0 Å². The molecule has 2 aromatic rings. The second-order valence-corrected chi connectivity index (χ2v) is 4.97. The third kappa shape index (κ3) is 3.65. The van der Waals surface area contributed by atoms with Gasteiger partial charge in [0.05, 0.1) is 23.6 Å². The molecule has 1 aromatic carbocycles. The van der Waals surface area contributed by atoms with Gasteiger partial charge >= 0.3 is 0 Å². The van der Waals surface area contributed by atoms with Gasteiger partial charge in [-0.05, 0) is 18.6 Å². The molecule has 0 fully saturated rings. The summed E-state index contributed by atoms with van der Waals surface area (Å²) in [6.07, 6.45) is 7.69. The molecule has 0 aliphatic carbocycles. The van der Waals surface area contributed by atoms with Crippen molar-refractivity contribution in [1.29, 1.82) is 0 Å². The van der Waals surface area contributed by atoms with Gasteiger partial charge in [-0.15, -0.1) is 5.10 Å². The van der Waals surface area contributed by atoms with Crippen LogP contribution in [0.2, 0.25) is 0 Å². The first-order chi connectivity index (χ1) is 9.86. The Hall–Kier alpha value is -1.72. The predicted octanol–water partition coefficient (Wildman–Crippen LogP) is 2.74. The van der Waals surface area contributed by atoms with Gasteiger partial charge in [0, 0.05) is 0 Å². The van der Waals surface area contributed by atoms with Crippen LogP contribution in [-0.2, 0) is 0 Å². The molecule has 3 N–H and O–H groups in total. The van der Waals surface area contributed by atoms with E-state index in [0.29, 0.717) is 0 Å². The van der Waals surface area contributed by atoms with Crippen molar-refractivity contribution in [3.8, 4) is 5.69 Å². The molecule has 1 aromatic heterocycles. The first kappa shape index (κ1) is 14.7. The lowest BCUT2D eigenvalue weighted by Gasteiger charge is -2.16. The van der Waals surface area contributed by atoms with Gasteiger partial charge in [-0.2, -0.15) is 0 Å². The molecule has 0 spiro atoms. The highest BCUT2D eigenvalue weighted by Gasteiger charge is 2.16. The van der Waals surface area contributed by atoms with Crippen LogP contribution in [0.25, 0.3) is 5.69 Å². The van der Waals surface area contributed by atoms with Gasteiger partial charge in [-0.1, -0.05) is 56.0 Å². The Morgan fingerprint density at radius 3 is 2.70 bits per heavy atom. The number of nitrogens with two attached hydrogens (primary N) is 1. The zero-order valence-corrected chi connectivity index (χ0v) is 12.0. The molecule has 0 aliphatic heterocycles. The van der Waals surface area contributed by atoms with Gasteiger partial charge in [0.1, 0.15) is 0 Å². The van der Waals surface area contributed by atoms with E-state index in [1.807, 2.05) is 35.0 Å². The standard InChI is InChI=1S/C15H23N5/c1-2-3-4-8-11-14(18-16)15-12-17-19-20(15)13-9-6-5-7-10-13/h5-7,9-10,12,14,18H,2-4,8,11,16H2,1H3. The maximum absolute atomic E-state index is 5.71. The molecule has 0 saturated carbocycles. The predicted molar refractivity (Wildman–Crippen MR) is 80.2 cm³/mol. The van der Waals surface area contributed by atoms with Crippen LogP contribution in [0.15, 0.2) is 36.5 Å². The number of nitrogens with zero attached hydrogens (tertiary/aromatic N) is 3. The third-order valence-corrected chi connectivity index (χ3v) is 3.48. The summed E-state index contributed by atoms with van der Waals surface area (Å²) >= 11 is 0. The van der Waals surface area contributed by atoms with Gasteiger partial charge in [-0.25, -0.2) is 4.68 Å². The molecule has 0 radical (unpaired) electrons. The topological polar surface area (TPSA) is 68.8 Å². The molecule has 1 heterocycles. The Bertz CT molecular complexity index is 494. The van der Waals surface area contributed by atoms with Crippen LogP contribution < -0.4 is 11.3 Å². The van der Waals surface area contributed by atoms with Gasteiger partial charge in [0.25, 0.3) is 0 Å². The molecule has 0 bridgehead atoms. The van der Waals surface area contributed by atoms with E-state index in [-0.39, 0.29) is 6.04 Å². The lowest BCUT2D eigenvalue weighted by molar-refractivity contribution is 0.463. The number of hydrogen-bond acceptors (Lipinski definition) is 4. The summed E-state index contributed by atoms with van der Waals surface area (Å²) in [5, 5.41) is 8.20. The summed E-state index contributed by atoms with van der Waals surface area (Å²) < 4.78 is 1.85. The fourth-order valence-electron chi connectivity index (χ4n) is 2.34. The lowest BCUT2D eigenvalue weighted by Crippen LogP contribution is -2.29. The van der Waals surface area contributed by atoms with E-state index >= 15 is 0 Å². The summed E-state index contributed by atoms with van der Waals surface area (Å²) in [5.74, 6) is 5.71. The zero-order chi connectivity index (χ0) is 14.2. The minimum atomic E-state index is 0.0852. The van der Waals surface area contributed by atoms with Gasteiger partial charge < -0.3 is 0 Å². The van der Waals surface area contributed by atoms with Crippen molar-refractivity contribution in [2.75, 3.05) is 0 Å². The molecule has 0 saturated heterocycles. The molecule has 5 nitrogen and oxygen atoms in total. The van der Waals surface area contributed by atoms with E-state index in [1.54, 1.807) is 6.20 Å². The first-order valence-corrected chi connectivity index (χ1v) is 7.29. The molecule has 0 amide bonds. The Morgan fingerprint density at radius 1 is 1.20 bits per heavy atom. The number of para-hydroxylation sites is 1. The Labute approximate surface area is 120 Å². The van der Waals surface area contributed by atoms with Crippen molar-refractivity contribution < 1.29 is 0 Å². The van der Waals surface area contributed by atoms with Crippen LogP contribution in [0.1, 0.15) is 50.8 Å². The highest BCUT2D eigenvalue weighted by Crippen LogP contribution is 2.21. The largest absolute Gasteiger partial charge is 0.271 e. The molecule has 0 aliphatic rings. The number of unbranched alkanes of at least 4 members (excludes halogenated alkanes) is 3. The van der Waals surface area contributed by atoms with E-state index in [9.17, 15) is 0 Å². The number of hydrogen-bond donors (Lipinski definition) is 2. The van der Waals surface area contributed by atoms with Crippen LogP contribution in [0.5, 0.6) is 0 Å². The molecule has 5 heteroatoms. The number of hydrazine groups is 1. The van der Waals surface area contributed by atoms with Crippen molar-refractivity contribution in [2.45, 2.75) is 45.1 Å². The highest BCUT2D eigenvalue weighted by molar-refractivity contribution is 5.32. The van der Waals surface area contributed by atoms with E-state index in [1.165, 1.54) is 19.3 Å². The molecule has 1 unspecified atom stereocenters. The normalized spacial score (nSPS) is 12.5. The monoisotopic (exact) mass is 273 g/mol. The van der Waals surface area contributed by atoms with Gasteiger partial charge in [0.2, 0.25) is 0 Å². The summed E-state index contributed by atoms with van der Waals surface area (Å²) in [7, 11) is 0. The summed E-state index contributed by atoms with van der Waals surface area (Å²) in [6, 6.07) is 10.1. The SMILES string of the molecule is CCCCCCC(NN)c1cnnn1-c1ccccc1. The van der Waals surface area contributed by atoms with Crippen molar-refractivity contribution in [2.24, 2.45) is 5.84 Å². The van der Waals surface area contributed by atoms with Crippen LogP contribution in [0.3, 0.4) is 0 Å². The van der Waals surface area contributed by atoms with E-state index < -0.39 is 0 Å². The second kappa shape index (κ2) is 7.77. The van der Waals surface area contributed by atoms with E-state index in [4.69, 9.17) is 5.84 Å². The zero-order valence-electron chi connectivity index (χ0n) is 12.0. The van der Waals surface area contributed by atoms with Crippen LogP contribution in [-0.4, -0.2) is 15.0 Å². The van der Waals surface area contributed by atoms with E-state index in [2.05, 4.69) is 22.7 Å². The quantitative estimate of drug-likeness (QED) is 0.441. The maximum Gasteiger partial charge on any atom is 0.0828 e. The number of nitrogens with one attached hydrogen (secondary N) is 1. The Kier molecular flexibility index (Phi) is 5.70. The number of benzene rings is 1. The van der Waals surface area contributed by atoms with Crippen LogP contribution in [0, 0.1) is 0 Å². The molecule has 2 rings (SSSR count). The number of aromatic nitrogens is 3. The van der Waals surface area contributed by atoms with Crippen molar-refractivity contribution >= 4 is 0 Å². The summed E-state index contributed by atoms with van der Waals surface area (Å²) in [6.45, 7) is 2.22. The van der Waals surface area contributed by atoms with E-state index in [0.717, 1.165) is 24.2 Å². The minimum Gasteiger partial charge on any atom is -0.271 e. The fraction of sp³-hybridized carbons (Fsp3) is 0.467. The van der Waals surface area contributed by atoms with Gasteiger partial charge in [-0.3, -0.25) is 11.3 Å². The maximum atomic E-state index is 5.71. The average Bonchev–Trinajstić information content (AvgIpc) is 2.98. The van der Waals surface area contributed by atoms with Gasteiger partial charge in [0.15, 0.2) is 0 Å². The Balaban J connectivity index is 2.09. The highest BCUT2D eigenvalue weighted by atomic mass is 15.4. The smallest absolute Gasteiger partial charge is 0.0828 e. The first-order valence-electron chi connectivity index (χ1n) is 7.29. The third-order valence-electron chi connectivity index (χ3n) is 3.48. The molecule has 20 heavy (non-hydrogen) atoms. The van der Waals surface area contributed by atoms with Crippen molar-refractivity contribution in [1.82, 2.24) is 20.4 Å². The number of rotatable bonds is 8. The average molecular weight is 273 g/mol.